The molecule has 0 aliphatic heterocycles. The molecule has 7 rings (SSSR count). The summed E-state index contributed by atoms with van der Waals surface area (Å²) < 4.78 is 104. The number of fused-ring (bicyclic) bond motifs is 1. The minimum Gasteiger partial charge on any atom is -0.744 e. The number of azo groups is 2. The molecule has 0 saturated heterocycles. The maximum atomic E-state index is 13.0. The van der Waals surface area contributed by atoms with Crippen LogP contribution in [-0.2, 0) is 30.3 Å². The van der Waals surface area contributed by atoms with E-state index in [0.29, 0.717) is 50.8 Å². The SMILES string of the molecule is COc1cc(N=Nc2ccc(Nc3ccc(S(=O)(=O)Nc4ccc(S(=O)(=O)[O-])cc4)cc3[N+](=O)[O-])cc2)c(C)cc1N=Nc1ccc(Nc2ccccc2)c2c(S(=O)(=O)[O-])cccc12.[Na+].[Na+]. The molecule has 0 radical (unpaired) electrons. The van der Waals surface area contributed by atoms with E-state index in [1.165, 1.54) is 25.3 Å². The van der Waals surface area contributed by atoms with Gasteiger partial charge in [-0.15, -0.1) is 10.2 Å². The molecule has 3 N–H and O–H groups in total. The molecular weight excluding hydrogens is 935 g/mol. The van der Waals surface area contributed by atoms with Crippen molar-refractivity contribution in [2.24, 2.45) is 20.5 Å². The Morgan fingerprint density at radius 3 is 1.80 bits per heavy atom. The third kappa shape index (κ3) is 12.2. The number of nitrogens with zero attached hydrogens (tertiary/aromatic N) is 5. The summed E-state index contributed by atoms with van der Waals surface area (Å²) in [6.07, 6.45) is 0. The van der Waals surface area contributed by atoms with Crippen molar-refractivity contribution in [2.45, 2.75) is 21.6 Å². The van der Waals surface area contributed by atoms with Gasteiger partial charge in [0.15, 0.2) is 0 Å². The molecule has 0 heterocycles. The fourth-order valence-corrected chi connectivity index (χ4v) is 8.53. The standard InChI is InChI=1S/C42H34N8O11S3.2Na/c1-26-23-38(48-46-34-21-22-36(44-27-7-4-3-5-8-27)42-33(34)9-6-10-41(42)64(58,59)60)40(61-2)25-37(26)47-45-29-13-11-28(12-14-29)43-35-20-19-32(24-39(35)50(51)52)62(53,54)49-30-15-17-31(18-16-30)63(55,56)57;;/h3-25,43-44,49H,1-2H3,(H,55,56,57)(H,58,59,60);;/q;2*+1/p-2. The van der Waals surface area contributed by atoms with E-state index in [9.17, 15) is 44.5 Å². The first-order valence-electron chi connectivity index (χ1n) is 18.5. The molecule has 7 aromatic carbocycles. The average molecular weight is 967 g/mol. The maximum absolute atomic E-state index is 13.0. The van der Waals surface area contributed by atoms with E-state index in [1.807, 2.05) is 18.2 Å². The van der Waals surface area contributed by atoms with E-state index in [4.69, 9.17) is 4.74 Å². The smallest absolute Gasteiger partial charge is 0.744 e. The second-order valence-electron chi connectivity index (χ2n) is 13.7. The number of nitro benzene ring substituents is 1. The Hall–Kier alpha value is -5.63. The van der Waals surface area contributed by atoms with Gasteiger partial charge < -0.3 is 24.5 Å². The molecule has 66 heavy (non-hydrogen) atoms. The summed E-state index contributed by atoms with van der Waals surface area (Å²) in [5.41, 5.74) is 2.90. The summed E-state index contributed by atoms with van der Waals surface area (Å²) in [5, 5.41) is 36.0. The molecule has 7 aromatic rings. The van der Waals surface area contributed by atoms with Crippen LogP contribution in [0.3, 0.4) is 0 Å². The van der Waals surface area contributed by atoms with Crippen molar-refractivity contribution in [3.05, 3.63) is 155 Å². The first-order valence-corrected chi connectivity index (χ1v) is 22.8. The Kier molecular flexibility index (Phi) is 16.6. The molecule has 0 aliphatic carbocycles. The van der Waals surface area contributed by atoms with E-state index < -0.39 is 55.6 Å². The van der Waals surface area contributed by atoms with Crippen LogP contribution in [0.1, 0.15) is 5.56 Å². The van der Waals surface area contributed by atoms with Crippen molar-refractivity contribution in [1.29, 1.82) is 0 Å². The fraction of sp³-hybridized carbons (Fsp3) is 0.0476. The summed E-state index contributed by atoms with van der Waals surface area (Å²) in [4.78, 5) is 9.81. The van der Waals surface area contributed by atoms with Crippen molar-refractivity contribution in [3.63, 3.8) is 0 Å². The molecule has 0 spiro atoms. The second-order valence-corrected chi connectivity index (χ2v) is 18.1. The predicted octanol–water partition coefficient (Wildman–Crippen LogP) is 4.00. The number of hydrogen-bond acceptors (Lipinski definition) is 17. The largest absolute Gasteiger partial charge is 1.00 e. The van der Waals surface area contributed by atoms with Crippen LogP contribution < -0.4 is 79.2 Å². The Morgan fingerprint density at radius 1 is 0.576 bits per heavy atom. The normalized spacial score (nSPS) is 11.8. The minimum absolute atomic E-state index is 0. The maximum Gasteiger partial charge on any atom is 1.00 e. The first kappa shape index (κ1) is 51.4. The number of anilines is 5. The molecule has 0 unspecified atom stereocenters. The number of aryl methyl sites for hydroxylation is 1. The van der Waals surface area contributed by atoms with Crippen molar-refractivity contribution < 1.29 is 103 Å². The Balaban J connectivity index is 0.00000408. The topological polar surface area (TPSA) is 286 Å². The van der Waals surface area contributed by atoms with Gasteiger partial charge >= 0.3 is 59.1 Å². The average Bonchev–Trinajstić information content (AvgIpc) is 3.25. The van der Waals surface area contributed by atoms with Gasteiger partial charge in [0.2, 0.25) is 0 Å². The van der Waals surface area contributed by atoms with Gasteiger partial charge in [0.05, 0.1) is 43.8 Å². The van der Waals surface area contributed by atoms with Gasteiger partial charge in [0.1, 0.15) is 37.4 Å². The summed E-state index contributed by atoms with van der Waals surface area (Å²) in [7, 11) is -12.6. The van der Waals surface area contributed by atoms with Crippen LogP contribution in [0, 0.1) is 17.0 Å². The van der Waals surface area contributed by atoms with Gasteiger partial charge in [-0.1, -0.05) is 30.3 Å². The number of rotatable bonds is 15. The number of nitro groups is 1. The van der Waals surface area contributed by atoms with Gasteiger partial charge in [-0.05, 0) is 110 Å². The second kappa shape index (κ2) is 21.3. The Morgan fingerprint density at radius 2 is 1.17 bits per heavy atom. The fourth-order valence-electron chi connectivity index (χ4n) is 6.27. The molecule has 326 valence electrons. The van der Waals surface area contributed by atoms with Crippen LogP contribution in [0.2, 0.25) is 0 Å². The number of ether oxygens (including phenoxy) is 1. The quantitative estimate of drug-likeness (QED) is 0.0431. The van der Waals surface area contributed by atoms with Crippen LogP contribution in [0.15, 0.2) is 175 Å². The van der Waals surface area contributed by atoms with E-state index in [2.05, 4.69) is 35.8 Å². The third-order valence-electron chi connectivity index (χ3n) is 9.36. The number of nitrogens with one attached hydrogen (secondary N) is 3. The Labute approximate surface area is 422 Å². The van der Waals surface area contributed by atoms with Crippen molar-refractivity contribution in [1.82, 2.24) is 0 Å². The van der Waals surface area contributed by atoms with Crippen LogP contribution in [-0.4, -0.2) is 46.4 Å². The van der Waals surface area contributed by atoms with Gasteiger partial charge in [0, 0.05) is 45.7 Å². The van der Waals surface area contributed by atoms with Gasteiger partial charge in [-0.25, -0.2) is 25.3 Å². The molecule has 0 fully saturated rings. The van der Waals surface area contributed by atoms with E-state index >= 15 is 0 Å². The number of methoxy groups -OCH3 is 1. The van der Waals surface area contributed by atoms with E-state index in [-0.39, 0.29) is 81.6 Å². The number of sulfonamides is 1. The monoisotopic (exact) mass is 966 g/mol. The van der Waals surface area contributed by atoms with Crippen LogP contribution in [0.5, 0.6) is 5.75 Å². The molecule has 0 bridgehead atoms. The van der Waals surface area contributed by atoms with Crippen molar-refractivity contribution in [3.8, 4) is 5.75 Å². The van der Waals surface area contributed by atoms with E-state index in [1.54, 1.807) is 73.7 Å². The number of benzene rings is 7. The molecular formula is C42H32N8Na2O11S3. The summed E-state index contributed by atoms with van der Waals surface area (Å²) >= 11 is 0. The minimum atomic E-state index is -4.87. The van der Waals surface area contributed by atoms with Gasteiger partial charge in [0.25, 0.3) is 15.7 Å². The molecule has 0 aliphatic rings. The van der Waals surface area contributed by atoms with Gasteiger partial charge in [-0.3, -0.25) is 14.8 Å². The zero-order chi connectivity index (χ0) is 45.8. The number of para-hydroxylation sites is 1. The summed E-state index contributed by atoms with van der Waals surface area (Å²) in [6.45, 7) is 1.77. The molecule has 0 amide bonds. The van der Waals surface area contributed by atoms with Crippen LogP contribution in [0.4, 0.5) is 56.9 Å². The first-order chi connectivity index (χ1) is 30.4. The summed E-state index contributed by atoms with van der Waals surface area (Å²) in [5.74, 6) is 0.292. The molecule has 24 heteroatoms. The summed E-state index contributed by atoms with van der Waals surface area (Å²) in [6, 6.07) is 33.5. The van der Waals surface area contributed by atoms with Crippen LogP contribution in [0.25, 0.3) is 10.8 Å². The van der Waals surface area contributed by atoms with Gasteiger partial charge in [-0.2, -0.15) is 10.2 Å². The van der Waals surface area contributed by atoms with Crippen molar-refractivity contribution >= 4 is 97.9 Å². The molecule has 0 saturated carbocycles. The predicted molar refractivity (Wildman–Crippen MR) is 236 cm³/mol. The van der Waals surface area contributed by atoms with E-state index in [0.717, 1.165) is 36.4 Å². The number of hydrogen-bond donors (Lipinski definition) is 3. The molecule has 19 nitrogen and oxygen atoms in total. The zero-order valence-electron chi connectivity index (χ0n) is 35.2. The van der Waals surface area contributed by atoms with Crippen LogP contribution >= 0.6 is 0 Å². The molecule has 0 aromatic heterocycles. The van der Waals surface area contributed by atoms with Crippen molar-refractivity contribution in [2.75, 3.05) is 22.5 Å². The molecule has 0 atom stereocenters. The Bertz CT molecular complexity index is 3350. The third-order valence-corrected chi connectivity index (χ3v) is 12.5. The zero-order valence-corrected chi connectivity index (χ0v) is 41.7.